The zero-order chi connectivity index (χ0) is 6.28. The summed E-state index contributed by atoms with van der Waals surface area (Å²) >= 11 is 2.08. The quantitative estimate of drug-likeness (QED) is 0.553. The van der Waals surface area contributed by atoms with Crippen LogP contribution in [0.25, 0.3) is 0 Å². The van der Waals surface area contributed by atoms with E-state index in [2.05, 4.69) is 30.8 Å². The molecular formula is C3H10BrSiU. The van der Waals surface area contributed by atoms with Crippen molar-refractivity contribution in [3.05, 3.63) is 0 Å². The van der Waals surface area contributed by atoms with Crippen molar-refractivity contribution in [2.24, 2.45) is 0 Å². The van der Waals surface area contributed by atoms with Crippen molar-refractivity contribution in [1.29, 1.82) is 0.194 Å². The molecule has 0 atom stereocenters. The van der Waals surface area contributed by atoms with Gasteiger partial charge >= 0.3 is 37.9 Å². The third kappa shape index (κ3) is 42.4. The summed E-state index contributed by atoms with van der Waals surface area (Å²) in [5.41, 5.74) is 0. The van der Waals surface area contributed by atoms with Gasteiger partial charge in [0.15, 0.2) is 0 Å². The standard InChI is InChI=1S/C3H9Si.BrH.U.H/c1-4(2)3;;;/h1-3H3;1H;;/q;;+1;/p-1/i;;;1+1. The molecule has 0 nitrogen and oxygen atoms in total. The van der Waals surface area contributed by atoms with Crippen molar-refractivity contribution in [2.75, 3.05) is 0 Å². The van der Waals surface area contributed by atoms with Crippen molar-refractivity contribution in [1.82, 2.24) is 0 Å². The van der Waals surface area contributed by atoms with E-state index in [1.165, 1.54) is 0 Å². The first-order valence-corrected chi connectivity index (χ1v) is 13.7. The molecule has 0 aromatic carbocycles. The van der Waals surface area contributed by atoms with Gasteiger partial charge in [-0.3, -0.25) is 0 Å². The van der Waals surface area contributed by atoms with Crippen LogP contribution in [0.2, 0.25) is 19.6 Å². The summed E-state index contributed by atoms with van der Waals surface area (Å²) in [5.74, 6) is 0. The van der Waals surface area contributed by atoms with Crippen LogP contribution in [0.5, 0.6) is 0 Å². The van der Waals surface area contributed by atoms with Crippen molar-refractivity contribution in [2.45, 2.75) is 19.6 Å². The molecule has 0 amide bonds. The Morgan fingerprint density at radius 3 is 1.67 bits per heavy atom. The Morgan fingerprint density at radius 1 is 1.67 bits per heavy atom. The molecule has 0 saturated carbocycles. The molecule has 0 spiro atoms. The molecule has 0 heterocycles. The molecule has 0 bridgehead atoms. The van der Waals surface area contributed by atoms with Gasteiger partial charge in [-0.25, -0.2) is 0 Å². The van der Waals surface area contributed by atoms with Crippen LogP contribution >= 0.6 is 11.2 Å². The molecule has 6 heavy (non-hydrogen) atoms. The van der Waals surface area contributed by atoms with Gasteiger partial charge < -0.3 is 0 Å². The molecule has 0 N–H and O–H groups in total. The van der Waals surface area contributed by atoms with Crippen molar-refractivity contribution in [3.63, 3.8) is 0 Å². The predicted octanol–water partition coefficient (Wildman–Crippen LogP) is 1.95. The van der Waals surface area contributed by atoms with Crippen LogP contribution in [0, 0.1) is 26.6 Å². The molecule has 3 heteroatoms. The summed E-state index contributed by atoms with van der Waals surface area (Å²) in [7, 11) is 0.120. The Balaban J connectivity index is 0. The first kappa shape index (κ1) is 7.75. The molecule has 1 radical (unpaired) electrons. The van der Waals surface area contributed by atoms with Gasteiger partial charge in [-0.2, -0.15) is 0 Å². The normalized spacial score (nSPS) is 7.83. The molecule has 0 rings (SSSR count). The Kier molecular flexibility index (Phi) is 12.8. The third-order valence-corrected chi connectivity index (χ3v) is 0. The van der Waals surface area contributed by atoms with E-state index in [1.54, 1.807) is 0 Å². The van der Waals surface area contributed by atoms with Crippen molar-refractivity contribution >= 4 is 20.0 Å². The fourth-order valence-corrected chi connectivity index (χ4v) is 0. The van der Waals surface area contributed by atoms with Crippen LogP contribution in [0.15, 0.2) is 0 Å². The van der Waals surface area contributed by atoms with E-state index in [9.17, 15) is 0 Å². The molecule has 0 aliphatic carbocycles. The van der Waals surface area contributed by atoms with Gasteiger partial charge in [-0.1, -0.05) is 19.6 Å². The van der Waals surface area contributed by atoms with E-state index in [4.69, 9.17) is 0.194 Å². The minimum atomic E-state index is -0.943. The molecule has 0 saturated heterocycles. The molecular weight excluding hydrogens is 382 g/mol. The minimum absolute atomic E-state index is 0.120. The second-order valence-electron chi connectivity index (χ2n) is 1.50. The summed E-state index contributed by atoms with van der Waals surface area (Å²) in [5, 5.41) is 0. The van der Waals surface area contributed by atoms with Crippen LogP contribution in [-0.4, -0.2) is 8.99 Å². The van der Waals surface area contributed by atoms with Crippen molar-refractivity contribution in [3.8, 4) is 0 Å². The van der Waals surface area contributed by atoms with Crippen LogP contribution in [0.1, 0.15) is 0 Å². The zero-order valence-corrected chi connectivity index (χ0v) is 11.1. The molecule has 0 aromatic rings. The van der Waals surface area contributed by atoms with Crippen LogP contribution in [0.3, 0.4) is 0 Å². The Morgan fingerprint density at radius 2 is 1.67 bits per heavy atom. The summed E-state index contributed by atoms with van der Waals surface area (Å²) in [4.78, 5) is 0. The summed E-state index contributed by atoms with van der Waals surface area (Å²) in [6.07, 6.45) is 0. The molecule has 0 fully saturated rings. The first-order chi connectivity index (χ1) is 3.15. The Labute approximate surface area is 65.7 Å². The van der Waals surface area contributed by atoms with E-state index >= 15 is 0 Å². The van der Waals surface area contributed by atoms with Gasteiger partial charge in [-0.15, -0.1) is 0 Å². The van der Waals surface area contributed by atoms with Gasteiger partial charge in [-0.05, 0) is 0 Å². The molecule has 0 aliphatic heterocycles. The summed E-state index contributed by atoms with van der Waals surface area (Å²) in [6, 6.07) is 0. The first-order valence-electron chi connectivity index (χ1n) is 2.19. The third-order valence-electron chi connectivity index (χ3n) is 0. The Bertz CT molecular complexity index is 26.1. The summed E-state index contributed by atoms with van der Waals surface area (Å²) in [6.45, 7) is 6.81. The molecule has 37 valence electrons. The van der Waals surface area contributed by atoms with E-state index in [1.807, 2.05) is 0 Å². The van der Waals surface area contributed by atoms with Crippen LogP contribution < -0.4 is 0 Å². The average molecular weight is 393 g/mol. The SMILES string of the molecule is C[Si](C)C.[2H][U][Br]. The van der Waals surface area contributed by atoms with Gasteiger partial charge in [0.1, 0.15) is 0 Å². The van der Waals surface area contributed by atoms with E-state index in [-0.39, 0.29) is 8.80 Å². The van der Waals surface area contributed by atoms with Gasteiger partial charge in [0.25, 0.3) is 0 Å². The monoisotopic (exact) mass is 392 g/mol. The molecule has 0 aromatic heterocycles. The van der Waals surface area contributed by atoms with Crippen LogP contribution in [-0.2, 0) is 0 Å². The summed E-state index contributed by atoms with van der Waals surface area (Å²) < 4.78 is 6.33. The van der Waals surface area contributed by atoms with Gasteiger partial charge in [0.05, 0.1) is 0 Å². The van der Waals surface area contributed by atoms with Crippen LogP contribution in [0.4, 0.5) is 0 Å². The number of halogens is 1. The topological polar surface area (TPSA) is 0 Å². The fourth-order valence-electron chi connectivity index (χ4n) is 0. The second-order valence-corrected chi connectivity index (χ2v) is 4.50. The van der Waals surface area contributed by atoms with E-state index in [0.29, 0.717) is 0 Å². The maximum absolute atomic E-state index is 6.33. The maximum atomic E-state index is 6.33. The Hall–Kier alpha value is 1.75. The zero-order valence-electron chi connectivity index (χ0n) is 5.38. The second kappa shape index (κ2) is 9.89. The predicted molar refractivity (Wildman–Crippen MR) is 33.7 cm³/mol. The number of hydrogen-bond acceptors (Lipinski definition) is 0. The average Bonchev–Trinajstić information content (AvgIpc) is 1.33. The van der Waals surface area contributed by atoms with Gasteiger partial charge in [0.2, 0.25) is 0 Å². The van der Waals surface area contributed by atoms with E-state index < -0.39 is 26.6 Å². The molecule has 0 aliphatic rings. The number of hydrogen-bond donors (Lipinski definition) is 0. The van der Waals surface area contributed by atoms with Crippen molar-refractivity contribution < 1.29 is 26.6 Å². The fraction of sp³-hybridized carbons (Fsp3) is 1.00. The molecule has 0 unspecified atom stereocenters. The number of rotatable bonds is 0. The van der Waals surface area contributed by atoms with Gasteiger partial charge in [0, 0.05) is 8.80 Å². The van der Waals surface area contributed by atoms with E-state index in [0.717, 1.165) is 0 Å².